The monoisotopic (exact) mass is 331 g/mol. The molecule has 5 nitrogen and oxygen atoms in total. The van der Waals surface area contributed by atoms with Crippen LogP contribution >= 0.6 is 23.2 Å². The van der Waals surface area contributed by atoms with Crippen molar-refractivity contribution in [3.8, 4) is 0 Å². The van der Waals surface area contributed by atoms with E-state index in [9.17, 15) is 4.79 Å². The highest BCUT2D eigenvalue weighted by Crippen LogP contribution is 2.25. The van der Waals surface area contributed by atoms with Crippen LogP contribution in [0.3, 0.4) is 0 Å². The van der Waals surface area contributed by atoms with Gasteiger partial charge in [0.1, 0.15) is 0 Å². The van der Waals surface area contributed by atoms with Crippen LogP contribution < -0.4 is 10.6 Å². The van der Waals surface area contributed by atoms with Crippen LogP contribution in [0.5, 0.6) is 0 Å². The van der Waals surface area contributed by atoms with Crippen molar-refractivity contribution in [1.29, 1.82) is 0 Å². The molecule has 0 radical (unpaired) electrons. The second kappa shape index (κ2) is 8.56. The van der Waals surface area contributed by atoms with Gasteiger partial charge >= 0.3 is 0 Å². The Kier molecular flexibility index (Phi) is 6.73. The highest BCUT2D eigenvalue weighted by Gasteiger charge is 2.10. The average molecular weight is 332 g/mol. The topological polar surface area (TPSA) is 53.6 Å². The lowest BCUT2D eigenvalue weighted by Crippen LogP contribution is -2.41. The van der Waals surface area contributed by atoms with E-state index in [2.05, 4.69) is 15.5 Å². The van der Waals surface area contributed by atoms with Gasteiger partial charge in [-0.2, -0.15) is 0 Å². The zero-order valence-corrected chi connectivity index (χ0v) is 13.2. The fourth-order valence-electron chi connectivity index (χ4n) is 2.05. The van der Waals surface area contributed by atoms with Crippen LogP contribution in [0.15, 0.2) is 18.2 Å². The van der Waals surface area contributed by atoms with Gasteiger partial charge in [-0.1, -0.05) is 23.2 Å². The van der Waals surface area contributed by atoms with Gasteiger partial charge in [-0.25, -0.2) is 0 Å². The van der Waals surface area contributed by atoms with Crippen LogP contribution in [-0.4, -0.2) is 56.7 Å². The molecule has 2 rings (SSSR count). The number of amides is 1. The first kappa shape index (κ1) is 16.5. The number of hydrogen-bond donors (Lipinski definition) is 2. The number of carbonyl (C=O) groups excluding carboxylic acids is 1. The molecule has 0 aliphatic carbocycles. The quantitative estimate of drug-likeness (QED) is 0.781. The standard InChI is InChI=1S/C14H19Cl2N3O2/c15-11-1-2-13(12(16)9-11)18-14(20)10-17-3-4-19-5-7-21-8-6-19/h1-2,9,17H,3-8,10H2,(H,18,20). The number of nitrogens with one attached hydrogen (secondary N) is 2. The first-order chi connectivity index (χ1) is 10.1. The predicted molar refractivity (Wildman–Crippen MR) is 85.2 cm³/mol. The molecule has 1 saturated heterocycles. The van der Waals surface area contributed by atoms with E-state index in [0.29, 0.717) is 15.7 Å². The first-order valence-corrected chi connectivity index (χ1v) is 7.66. The van der Waals surface area contributed by atoms with Crippen LogP contribution in [0.25, 0.3) is 0 Å². The van der Waals surface area contributed by atoms with E-state index in [4.69, 9.17) is 27.9 Å². The maximum atomic E-state index is 11.8. The minimum Gasteiger partial charge on any atom is -0.379 e. The van der Waals surface area contributed by atoms with Crippen molar-refractivity contribution in [2.24, 2.45) is 0 Å². The van der Waals surface area contributed by atoms with Crippen LogP contribution in [-0.2, 0) is 9.53 Å². The zero-order valence-electron chi connectivity index (χ0n) is 11.7. The molecule has 2 N–H and O–H groups in total. The minimum absolute atomic E-state index is 0.124. The lowest BCUT2D eigenvalue weighted by atomic mass is 10.3. The second-order valence-electron chi connectivity index (χ2n) is 4.80. The molecule has 0 unspecified atom stereocenters. The summed E-state index contributed by atoms with van der Waals surface area (Å²) in [7, 11) is 0. The van der Waals surface area contributed by atoms with E-state index < -0.39 is 0 Å². The number of morpholine rings is 1. The number of hydrogen-bond acceptors (Lipinski definition) is 4. The molecule has 0 saturated carbocycles. The fourth-order valence-corrected chi connectivity index (χ4v) is 2.50. The maximum absolute atomic E-state index is 11.8. The summed E-state index contributed by atoms with van der Waals surface area (Å²) < 4.78 is 5.28. The fraction of sp³-hybridized carbons (Fsp3) is 0.500. The van der Waals surface area contributed by atoms with Gasteiger partial charge in [0.2, 0.25) is 5.91 Å². The molecule has 7 heteroatoms. The maximum Gasteiger partial charge on any atom is 0.238 e. The number of ether oxygens (including phenoxy) is 1. The summed E-state index contributed by atoms with van der Waals surface area (Å²) in [6.45, 7) is 5.41. The van der Waals surface area contributed by atoms with E-state index >= 15 is 0 Å². The summed E-state index contributed by atoms with van der Waals surface area (Å²) in [4.78, 5) is 14.1. The number of anilines is 1. The van der Waals surface area contributed by atoms with Crippen molar-refractivity contribution < 1.29 is 9.53 Å². The zero-order chi connectivity index (χ0) is 15.1. The van der Waals surface area contributed by atoms with Gasteiger partial charge in [0, 0.05) is 31.2 Å². The molecule has 1 heterocycles. The van der Waals surface area contributed by atoms with Gasteiger partial charge in [-0.15, -0.1) is 0 Å². The van der Waals surface area contributed by atoms with Crippen molar-refractivity contribution in [3.63, 3.8) is 0 Å². The van der Waals surface area contributed by atoms with Crippen LogP contribution in [0.4, 0.5) is 5.69 Å². The Bertz CT molecular complexity index is 479. The van der Waals surface area contributed by atoms with Crippen molar-refractivity contribution in [2.45, 2.75) is 0 Å². The summed E-state index contributed by atoms with van der Waals surface area (Å²) in [5, 5.41) is 6.85. The summed E-state index contributed by atoms with van der Waals surface area (Å²) in [5.41, 5.74) is 0.570. The van der Waals surface area contributed by atoms with E-state index in [1.54, 1.807) is 18.2 Å². The molecule has 1 aliphatic rings. The molecule has 1 amide bonds. The normalized spacial score (nSPS) is 15.9. The molecule has 0 spiro atoms. The molecule has 1 aromatic rings. The molecule has 1 fully saturated rings. The number of rotatable bonds is 6. The van der Waals surface area contributed by atoms with Gasteiger partial charge < -0.3 is 15.4 Å². The predicted octanol–water partition coefficient (Wildman–Crippen LogP) is 1.85. The van der Waals surface area contributed by atoms with Crippen LogP contribution in [0.2, 0.25) is 10.0 Å². The third-order valence-corrected chi connectivity index (χ3v) is 3.75. The molecule has 0 atom stereocenters. The van der Waals surface area contributed by atoms with E-state index in [-0.39, 0.29) is 12.5 Å². The van der Waals surface area contributed by atoms with Gasteiger partial charge in [0.05, 0.1) is 30.5 Å². The number of benzene rings is 1. The highest BCUT2D eigenvalue weighted by molar-refractivity contribution is 6.36. The summed E-state index contributed by atoms with van der Waals surface area (Å²) >= 11 is 11.8. The summed E-state index contributed by atoms with van der Waals surface area (Å²) in [5.74, 6) is -0.124. The SMILES string of the molecule is O=C(CNCCN1CCOCC1)Nc1ccc(Cl)cc1Cl. The summed E-state index contributed by atoms with van der Waals surface area (Å²) in [6.07, 6.45) is 0. The van der Waals surface area contributed by atoms with Gasteiger partial charge in [-0.3, -0.25) is 9.69 Å². The lowest BCUT2D eigenvalue weighted by molar-refractivity contribution is -0.115. The van der Waals surface area contributed by atoms with Crippen molar-refractivity contribution >= 4 is 34.8 Å². The smallest absolute Gasteiger partial charge is 0.238 e. The molecular formula is C14H19Cl2N3O2. The third kappa shape index (κ3) is 5.80. The molecule has 116 valence electrons. The molecule has 21 heavy (non-hydrogen) atoms. The van der Waals surface area contributed by atoms with E-state index in [0.717, 1.165) is 39.4 Å². The van der Waals surface area contributed by atoms with Crippen molar-refractivity contribution in [3.05, 3.63) is 28.2 Å². The number of halogens is 2. The Balaban J connectivity index is 1.65. The highest BCUT2D eigenvalue weighted by atomic mass is 35.5. The van der Waals surface area contributed by atoms with E-state index in [1.165, 1.54) is 0 Å². The molecule has 0 aromatic heterocycles. The minimum atomic E-state index is -0.124. The first-order valence-electron chi connectivity index (χ1n) is 6.91. The largest absolute Gasteiger partial charge is 0.379 e. The lowest BCUT2D eigenvalue weighted by Gasteiger charge is -2.26. The van der Waals surface area contributed by atoms with Crippen molar-refractivity contribution in [2.75, 3.05) is 51.3 Å². The van der Waals surface area contributed by atoms with Gasteiger partial charge in [0.25, 0.3) is 0 Å². The van der Waals surface area contributed by atoms with Gasteiger partial charge in [-0.05, 0) is 18.2 Å². The Hall–Kier alpha value is -0.850. The third-order valence-electron chi connectivity index (χ3n) is 3.20. The second-order valence-corrected chi connectivity index (χ2v) is 5.65. The number of nitrogens with zero attached hydrogens (tertiary/aromatic N) is 1. The Morgan fingerprint density at radius 2 is 2.05 bits per heavy atom. The van der Waals surface area contributed by atoms with Gasteiger partial charge in [0.15, 0.2) is 0 Å². The van der Waals surface area contributed by atoms with Crippen LogP contribution in [0.1, 0.15) is 0 Å². The molecule has 1 aliphatic heterocycles. The Labute approximate surface area is 134 Å². The van der Waals surface area contributed by atoms with Crippen molar-refractivity contribution in [1.82, 2.24) is 10.2 Å². The Morgan fingerprint density at radius 1 is 1.29 bits per heavy atom. The van der Waals surface area contributed by atoms with Crippen LogP contribution in [0, 0.1) is 0 Å². The molecule has 1 aromatic carbocycles. The molecule has 0 bridgehead atoms. The molecular weight excluding hydrogens is 313 g/mol. The van der Waals surface area contributed by atoms with E-state index in [1.807, 2.05) is 0 Å². The number of carbonyl (C=O) groups is 1. The average Bonchev–Trinajstić information content (AvgIpc) is 2.48. The Morgan fingerprint density at radius 3 is 2.76 bits per heavy atom. The summed E-state index contributed by atoms with van der Waals surface area (Å²) in [6, 6.07) is 4.98.